The first-order valence-corrected chi connectivity index (χ1v) is 4.95. The molecule has 0 saturated carbocycles. The topological polar surface area (TPSA) is 22.1 Å². The molecule has 0 aliphatic heterocycles. The first-order chi connectivity index (χ1) is 6.27. The number of hydrogen-bond acceptors (Lipinski definition) is 2. The number of alkyl halides is 1. The molecule has 0 N–H and O–H groups in total. The van der Waals surface area contributed by atoms with Crippen LogP contribution in [0.1, 0.15) is 24.6 Å². The van der Waals surface area contributed by atoms with Gasteiger partial charge in [0.2, 0.25) is 0 Å². The molecule has 0 aromatic carbocycles. The minimum atomic E-state index is 0.451. The van der Waals surface area contributed by atoms with Gasteiger partial charge in [0.25, 0.3) is 0 Å². The Kier molecular flexibility index (Phi) is 4.03. The molecular formula is C10H14ClNO. The molecule has 0 spiro atoms. The predicted octanol–water partition coefficient (Wildman–Crippen LogP) is 2.92. The fraction of sp³-hybridized carbons (Fsp3) is 0.500. The van der Waals surface area contributed by atoms with Crippen molar-refractivity contribution in [1.29, 1.82) is 0 Å². The molecular weight excluding hydrogens is 186 g/mol. The molecule has 0 aliphatic carbocycles. The van der Waals surface area contributed by atoms with Gasteiger partial charge in [-0.1, -0.05) is 6.92 Å². The quantitative estimate of drug-likeness (QED) is 0.696. The van der Waals surface area contributed by atoms with Crippen molar-refractivity contribution in [3.8, 4) is 5.75 Å². The molecule has 1 aromatic rings. The summed E-state index contributed by atoms with van der Waals surface area (Å²) in [6.45, 7) is 4.75. The van der Waals surface area contributed by atoms with E-state index in [0.717, 1.165) is 30.0 Å². The van der Waals surface area contributed by atoms with Crippen molar-refractivity contribution in [3.05, 3.63) is 23.5 Å². The zero-order valence-electron chi connectivity index (χ0n) is 8.01. The number of halogens is 1. The zero-order valence-corrected chi connectivity index (χ0v) is 8.77. The lowest BCUT2D eigenvalue weighted by Gasteiger charge is -2.08. The Morgan fingerprint density at radius 3 is 2.92 bits per heavy atom. The molecule has 0 unspecified atom stereocenters. The van der Waals surface area contributed by atoms with Gasteiger partial charge >= 0.3 is 0 Å². The molecule has 0 saturated heterocycles. The number of hydrogen-bond donors (Lipinski definition) is 0. The third-order valence-corrected chi connectivity index (χ3v) is 1.97. The summed E-state index contributed by atoms with van der Waals surface area (Å²) in [4.78, 5) is 4.15. The number of pyridine rings is 1. The molecule has 72 valence electrons. The second-order valence-corrected chi connectivity index (χ2v) is 3.18. The molecule has 0 fully saturated rings. The highest BCUT2D eigenvalue weighted by Gasteiger charge is 2.02. The Bertz CT molecular complexity index is 276. The van der Waals surface area contributed by atoms with E-state index in [1.54, 1.807) is 6.20 Å². The number of aryl methyl sites for hydroxylation is 1. The minimum absolute atomic E-state index is 0.451. The summed E-state index contributed by atoms with van der Waals surface area (Å²) in [6, 6.07) is 1.92. The van der Waals surface area contributed by atoms with Crippen LogP contribution in [0, 0.1) is 6.92 Å². The maximum Gasteiger partial charge on any atom is 0.127 e. The van der Waals surface area contributed by atoms with Crippen LogP contribution in [0.5, 0.6) is 5.75 Å². The molecule has 0 amide bonds. The van der Waals surface area contributed by atoms with Crippen LogP contribution in [0.2, 0.25) is 0 Å². The molecule has 1 aromatic heterocycles. The number of rotatable bonds is 4. The molecule has 1 rings (SSSR count). The Balaban J connectivity index is 2.81. The van der Waals surface area contributed by atoms with Gasteiger partial charge in [-0.25, -0.2) is 0 Å². The normalized spacial score (nSPS) is 10.1. The summed E-state index contributed by atoms with van der Waals surface area (Å²) in [5, 5.41) is 0. The lowest BCUT2D eigenvalue weighted by atomic mass is 10.2. The van der Waals surface area contributed by atoms with E-state index in [9.17, 15) is 0 Å². The zero-order chi connectivity index (χ0) is 9.68. The van der Waals surface area contributed by atoms with Crippen molar-refractivity contribution in [2.24, 2.45) is 0 Å². The van der Waals surface area contributed by atoms with E-state index in [4.69, 9.17) is 16.3 Å². The fourth-order valence-electron chi connectivity index (χ4n) is 1.01. The van der Waals surface area contributed by atoms with E-state index in [0.29, 0.717) is 5.88 Å². The second kappa shape index (κ2) is 5.07. The first-order valence-electron chi connectivity index (χ1n) is 4.42. The van der Waals surface area contributed by atoms with Crippen molar-refractivity contribution in [1.82, 2.24) is 4.98 Å². The van der Waals surface area contributed by atoms with E-state index in [1.807, 2.05) is 13.0 Å². The fourth-order valence-corrected chi connectivity index (χ4v) is 1.21. The predicted molar refractivity (Wildman–Crippen MR) is 54.3 cm³/mol. The average molecular weight is 200 g/mol. The van der Waals surface area contributed by atoms with E-state index >= 15 is 0 Å². The monoisotopic (exact) mass is 199 g/mol. The van der Waals surface area contributed by atoms with Gasteiger partial charge in [-0.3, -0.25) is 4.98 Å². The van der Waals surface area contributed by atoms with Crippen molar-refractivity contribution in [3.63, 3.8) is 0 Å². The van der Waals surface area contributed by atoms with Crippen LogP contribution >= 0.6 is 11.6 Å². The van der Waals surface area contributed by atoms with Crippen LogP contribution in [0.15, 0.2) is 12.3 Å². The van der Waals surface area contributed by atoms with Crippen LogP contribution in [0.25, 0.3) is 0 Å². The molecule has 0 atom stereocenters. The number of ether oxygens (including phenoxy) is 1. The second-order valence-electron chi connectivity index (χ2n) is 2.92. The van der Waals surface area contributed by atoms with E-state index in [1.165, 1.54) is 0 Å². The molecule has 3 heteroatoms. The number of aromatic nitrogens is 1. The maximum atomic E-state index is 5.74. The third-order valence-electron chi connectivity index (χ3n) is 1.69. The van der Waals surface area contributed by atoms with Gasteiger partial charge in [-0.05, 0) is 13.3 Å². The molecule has 2 nitrogen and oxygen atoms in total. The Morgan fingerprint density at radius 2 is 2.31 bits per heavy atom. The van der Waals surface area contributed by atoms with Crippen molar-refractivity contribution in [2.75, 3.05) is 6.61 Å². The van der Waals surface area contributed by atoms with E-state index in [2.05, 4.69) is 11.9 Å². The largest absolute Gasteiger partial charge is 0.493 e. The lowest BCUT2D eigenvalue weighted by Crippen LogP contribution is -1.99. The standard InChI is InChI=1S/C10H14ClNO/c1-3-4-13-10-5-8(2)12-7-9(10)6-11/h5,7H,3-4,6H2,1-2H3. The highest BCUT2D eigenvalue weighted by Crippen LogP contribution is 2.20. The van der Waals surface area contributed by atoms with Gasteiger partial charge < -0.3 is 4.74 Å². The maximum absolute atomic E-state index is 5.74. The summed E-state index contributed by atoms with van der Waals surface area (Å²) < 4.78 is 5.53. The van der Waals surface area contributed by atoms with Crippen LogP contribution in [0.3, 0.4) is 0 Å². The summed E-state index contributed by atoms with van der Waals surface area (Å²) in [7, 11) is 0. The Morgan fingerprint density at radius 1 is 1.54 bits per heavy atom. The van der Waals surface area contributed by atoms with Crippen molar-refractivity contribution < 1.29 is 4.74 Å². The van der Waals surface area contributed by atoms with Gasteiger partial charge in [0.05, 0.1) is 12.5 Å². The summed E-state index contributed by atoms with van der Waals surface area (Å²) >= 11 is 5.74. The van der Waals surface area contributed by atoms with Gasteiger partial charge in [0, 0.05) is 23.5 Å². The van der Waals surface area contributed by atoms with Crippen LogP contribution < -0.4 is 4.74 Å². The van der Waals surface area contributed by atoms with Gasteiger partial charge in [0.1, 0.15) is 5.75 Å². The molecule has 0 bridgehead atoms. The summed E-state index contributed by atoms with van der Waals surface area (Å²) in [5.41, 5.74) is 1.92. The van der Waals surface area contributed by atoms with E-state index in [-0.39, 0.29) is 0 Å². The summed E-state index contributed by atoms with van der Waals surface area (Å²) in [6.07, 6.45) is 2.77. The average Bonchev–Trinajstić information content (AvgIpc) is 2.15. The molecule has 13 heavy (non-hydrogen) atoms. The highest BCUT2D eigenvalue weighted by atomic mass is 35.5. The minimum Gasteiger partial charge on any atom is -0.493 e. The summed E-state index contributed by atoms with van der Waals surface area (Å²) in [5.74, 6) is 1.32. The SMILES string of the molecule is CCCOc1cc(C)ncc1CCl. The van der Waals surface area contributed by atoms with Crippen molar-refractivity contribution >= 4 is 11.6 Å². The van der Waals surface area contributed by atoms with Crippen molar-refractivity contribution in [2.45, 2.75) is 26.1 Å². The third kappa shape index (κ3) is 2.88. The van der Waals surface area contributed by atoms with Gasteiger partial charge in [-0.15, -0.1) is 11.6 Å². The van der Waals surface area contributed by atoms with E-state index < -0.39 is 0 Å². The van der Waals surface area contributed by atoms with Gasteiger partial charge in [-0.2, -0.15) is 0 Å². The van der Waals surface area contributed by atoms with Crippen LogP contribution in [-0.2, 0) is 5.88 Å². The molecule has 1 heterocycles. The highest BCUT2D eigenvalue weighted by molar-refractivity contribution is 6.17. The van der Waals surface area contributed by atoms with Crippen LogP contribution in [0.4, 0.5) is 0 Å². The smallest absolute Gasteiger partial charge is 0.127 e. The lowest BCUT2D eigenvalue weighted by molar-refractivity contribution is 0.314. The number of nitrogens with zero attached hydrogens (tertiary/aromatic N) is 1. The molecule has 0 aliphatic rings. The van der Waals surface area contributed by atoms with Gasteiger partial charge in [0.15, 0.2) is 0 Å². The van der Waals surface area contributed by atoms with Crippen LogP contribution in [-0.4, -0.2) is 11.6 Å². The Labute approximate surface area is 83.9 Å². The molecule has 0 radical (unpaired) electrons. The first kappa shape index (κ1) is 10.3. The Hall–Kier alpha value is -0.760.